The van der Waals surface area contributed by atoms with E-state index < -0.39 is 35.4 Å². The van der Waals surface area contributed by atoms with Crippen LogP contribution in [0.15, 0.2) is 30.0 Å². The van der Waals surface area contributed by atoms with Crippen LogP contribution in [-0.4, -0.2) is 24.1 Å². The van der Waals surface area contributed by atoms with E-state index in [1.807, 2.05) is 0 Å². The highest BCUT2D eigenvalue weighted by Gasteiger charge is 2.39. The Labute approximate surface area is 139 Å². The number of carbonyl (C=O) groups is 2. The van der Waals surface area contributed by atoms with Crippen LogP contribution in [0.2, 0.25) is 5.02 Å². The molecule has 0 atom stereocenters. The minimum atomic E-state index is -4.93. The number of alkyl halides is 3. The predicted octanol–water partition coefficient (Wildman–Crippen LogP) is 3.37. The maximum Gasteiger partial charge on any atom is 0.573 e. The summed E-state index contributed by atoms with van der Waals surface area (Å²) in [5, 5.41) is 2.47. The molecule has 0 unspecified atom stereocenters. The predicted molar refractivity (Wildman–Crippen MR) is 76.1 cm³/mol. The molecule has 6 nitrogen and oxygen atoms in total. The van der Waals surface area contributed by atoms with Crippen molar-refractivity contribution in [3.63, 3.8) is 0 Å². The van der Waals surface area contributed by atoms with Crippen molar-refractivity contribution < 1.29 is 37.0 Å². The molecule has 0 saturated carbocycles. The fourth-order valence-corrected chi connectivity index (χ4v) is 1.93. The van der Waals surface area contributed by atoms with Gasteiger partial charge in [-0.25, -0.2) is 9.59 Å². The fraction of sp³-hybridized carbons (Fsp3) is 0.286. The van der Waals surface area contributed by atoms with Gasteiger partial charge in [-0.1, -0.05) is 11.6 Å². The third kappa shape index (κ3) is 4.54. The minimum absolute atomic E-state index is 0.111. The smallest absolute Gasteiger partial charge is 0.419 e. The van der Waals surface area contributed by atoms with Crippen molar-refractivity contribution in [1.82, 2.24) is 0 Å². The molecule has 130 valence electrons. The van der Waals surface area contributed by atoms with E-state index in [2.05, 4.69) is 10.1 Å². The molecule has 10 heteroatoms. The molecular weight excluding hydrogens is 355 g/mol. The number of carbonyl (C=O) groups excluding carboxylic acids is 2. The van der Waals surface area contributed by atoms with Crippen molar-refractivity contribution in [3.05, 3.63) is 35.0 Å². The Morgan fingerprint density at radius 1 is 1.21 bits per heavy atom. The molecular formula is C14H11ClF3NO5. The Hall–Kier alpha value is -2.42. The number of halogens is 4. The largest absolute Gasteiger partial charge is 0.573 e. The van der Waals surface area contributed by atoms with Gasteiger partial charge in [-0.3, -0.25) is 0 Å². The van der Waals surface area contributed by atoms with E-state index in [4.69, 9.17) is 21.1 Å². The van der Waals surface area contributed by atoms with Crippen molar-refractivity contribution >= 4 is 29.2 Å². The molecule has 0 amide bonds. The van der Waals surface area contributed by atoms with Crippen LogP contribution in [0.1, 0.15) is 13.8 Å². The Morgan fingerprint density at radius 3 is 2.33 bits per heavy atom. The van der Waals surface area contributed by atoms with Crippen molar-refractivity contribution in [1.29, 1.82) is 0 Å². The molecule has 24 heavy (non-hydrogen) atoms. The number of benzene rings is 1. The highest BCUT2D eigenvalue weighted by atomic mass is 35.5. The zero-order chi connectivity index (χ0) is 18.1. The second-order valence-corrected chi connectivity index (χ2v) is 5.51. The van der Waals surface area contributed by atoms with E-state index in [1.165, 1.54) is 19.9 Å². The quantitative estimate of drug-likeness (QED) is 0.503. The molecule has 0 aliphatic carbocycles. The Morgan fingerprint density at radius 2 is 1.79 bits per heavy atom. The molecule has 0 bridgehead atoms. The van der Waals surface area contributed by atoms with E-state index in [-0.39, 0.29) is 10.7 Å². The normalized spacial score (nSPS) is 17.0. The van der Waals surface area contributed by atoms with E-state index >= 15 is 0 Å². The lowest BCUT2D eigenvalue weighted by molar-refractivity contribution is -0.274. The number of cyclic esters (lactones) is 2. The first-order valence-electron chi connectivity index (χ1n) is 6.45. The summed E-state index contributed by atoms with van der Waals surface area (Å²) in [6.07, 6.45) is -4.07. The first-order valence-corrected chi connectivity index (χ1v) is 6.83. The molecule has 1 saturated heterocycles. The van der Waals surface area contributed by atoms with E-state index in [0.717, 1.165) is 18.3 Å². The average molecular weight is 366 g/mol. The monoisotopic (exact) mass is 365 g/mol. The summed E-state index contributed by atoms with van der Waals surface area (Å²) in [6.45, 7) is 2.72. The summed E-state index contributed by atoms with van der Waals surface area (Å²) >= 11 is 5.72. The van der Waals surface area contributed by atoms with Crippen LogP contribution in [0, 0.1) is 0 Å². The molecule has 1 aliphatic heterocycles. The molecule has 1 fully saturated rings. The van der Waals surface area contributed by atoms with Crippen LogP contribution >= 0.6 is 11.6 Å². The van der Waals surface area contributed by atoms with Gasteiger partial charge in [0.15, 0.2) is 11.3 Å². The zero-order valence-corrected chi connectivity index (χ0v) is 13.1. The van der Waals surface area contributed by atoms with E-state index in [0.29, 0.717) is 0 Å². The molecule has 2 rings (SSSR count). The molecule has 1 aromatic rings. The summed E-state index contributed by atoms with van der Waals surface area (Å²) in [7, 11) is 0. The van der Waals surface area contributed by atoms with Crippen LogP contribution in [0.3, 0.4) is 0 Å². The number of nitrogens with one attached hydrogen (secondary N) is 1. The number of hydrogen-bond donors (Lipinski definition) is 1. The van der Waals surface area contributed by atoms with E-state index in [1.54, 1.807) is 0 Å². The Balaban J connectivity index is 2.26. The van der Waals surface area contributed by atoms with Gasteiger partial charge in [-0.2, -0.15) is 0 Å². The summed E-state index contributed by atoms with van der Waals surface area (Å²) in [4.78, 5) is 23.5. The Kier molecular flexibility index (Phi) is 4.66. The first-order chi connectivity index (χ1) is 11.0. The zero-order valence-electron chi connectivity index (χ0n) is 12.4. The number of esters is 2. The van der Waals surface area contributed by atoms with Gasteiger partial charge in [0.25, 0.3) is 5.79 Å². The lowest BCUT2D eigenvalue weighted by Crippen LogP contribution is -2.42. The molecule has 1 aromatic carbocycles. The first kappa shape index (κ1) is 17.9. The topological polar surface area (TPSA) is 73.9 Å². The van der Waals surface area contributed by atoms with Gasteiger partial charge in [0, 0.05) is 25.1 Å². The molecule has 1 heterocycles. The van der Waals surface area contributed by atoms with Gasteiger partial charge in [-0.05, 0) is 18.2 Å². The summed E-state index contributed by atoms with van der Waals surface area (Å²) in [5.41, 5.74) is -0.731. The van der Waals surface area contributed by atoms with E-state index in [9.17, 15) is 22.8 Å². The van der Waals surface area contributed by atoms with Crippen molar-refractivity contribution in [2.45, 2.75) is 26.0 Å². The lowest BCUT2D eigenvalue weighted by Gasteiger charge is -2.29. The van der Waals surface area contributed by atoms with Crippen LogP contribution in [0.25, 0.3) is 0 Å². The average Bonchev–Trinajstić information content (AvgIpc) is 2.37. The SMILES string of the molecule is CC1(C)OC(=O)C(=CNc2cc(Cl)ccc2OC(F)(F)F)C(=O)O1. The second kappa shape index (κ2) is 6.23. The number of ether oxygens (including phenoxy) is 3. The van der Waals surface area contributed by atoms with Crippen molar-refractivity contribution in [2.75, 3.05) is 5.32 Å². The maximum atomic E-state index is 12.4. The van der Waals surface area contributed by atoms with Gasteiger partial charge in [0.2, 0.25) is 0 Å². The van der Waals surface area contributed by atoms with Crippen LogP contribution in [-0.2, 0) is 19.1 Å². The van der Waals surface area contributed by atoms with Gasteiger partial charge in [-0.15, -0.1) is 13.2 Å². The molecule has 0 radical (unpaired) electrons. The van der Waals surface area contributed by atoms with Crippen molar-refractivity contribution in [3.8, 4) is 5.75 Å². The highest BCUT2D eigenvalue weighted by molar-refractivity contribution is 6.31. The highest BCUT2D eigenvalue weighted by Crippen LogP contribution is 2.33. The van der Waals surface area contributed by atoms with Gasteiger partial charge < -0.3 is 19.5 Å². The van der Waals surface area contributed by atoms with Crippen molar-refractivity contribution in [2.24, 2.45) is 0 Å². The third-order valence-corrected chi connectivity index (χ3v) is 2.89. The lowest BCUT2D eigenvalue weighted by atomic mass is 10.2. The molecule has 1 aliphatic rings. The maximum absolute atomic E-state index is 12.4. The summed E-state index contributed by atoms with van der Waals surface area (Å²) in [5.74, 6) is -3.98. The molecule has 0 spiro atoms. The molecule has 0 aromatic heterocycles. The van der Waals surface area contributed by atoms with Crippen LogP contribution in [0.5, 0.6) is 5.75 Å². The van der Waals surface area contributed by atoms with Gasteiger partial charge in [0.05, 0.1) is 5.69 Å². The third-order valence-electron chi connectivity index (χ3n) is 2.66. The second-order valence-electron chi connectivity index (χ2n) is 5.07. The standard InChI is InChI=1S/C14H11ClF3NO5/c1-13(2)23-11(20)8(12(21)24-13)6-19-9-5-7(15)3-4-10(9)22-14(16,17)18/h3-6,19H,1-2H3. The summed E-state index contributed by atoms with van der Waals surface area (Å²) in [6, 6.07) is 3.30. The number of hydrogen-bond acceptors (Lipinski definition) is 6. The molecule has 1 N–H and O–H groups in total. The number of rotatable bonds is 3. The minimum Gasteiger partial charge on any atom is -0.419 e. The van der Waals surface area contributed by atoms with Gasteiger partial charge >= 0.3 is 18.3 Å². The van der Waals surface area contributed by atoms with Crippen LogP contribution in [0.4, 0.5) is 18.9 Å². The van der Waals surface area contributed by atoms with Gasteiger partial charge in [0.1, 0.15) is 0 Å². The fourth-order valence-electron chi connectivity index (χ4n) is 1.76. The number of anilines is 1. The Bertz CT molecular complexity index is 693. The van der Waals surface area contributed by atoms with Crippen LogP contribution < -0.4 is 10.1 Å². The summed E-state index contributed by atoms with van der Waals surface area (Å²) < 4.78 is 50.7.